The number of nitrogens with one attached hydrogen (secondary N) is 3. The van der Waals surface area contributed by atoms with Crippen LogP contribution in [0.1, 0.15) is 12.8 Å². The van der Waals surface area contributed by atoms with Crippen LogP contribution in [0, 0.1) is 5.92 Å². The highest BCUT2D eigenvalue weighted by Gasteiger charge is 2.17. The summed E-state index contributed by atoms with van der Waals surface area (Å²) in [6, 6.07) is 0. The molecule has 76 valence electrons. The molecular weight excluding hydrogens is 180 g/mol. The van der Waals surface area contributed by atoms with Crippen LogP contribution in [0.3, 0.4) is 0 Å². The molecule has 0 radical (unpaired) electrons. The summed E-state index contributed by atoms with van der Waals surface area (Å²) in [6.07, 6.45) is 4.96. The number of aromatic nitrogens is 2. The first-order valence-electron chi connectivity index (χ1n) is 4.84. The Balaban J connectivity index is 1.78. The van der Waals surface area contributed by atoms with E-state index in [0.29, 0.717) is 12.3 Å². The first-order chi connectivity index (χ1) is 6.84. The Morgan fingerprint density at radius 2 is 2.64 bits per heavy atom. The van der Waals surface area contributed by atoms with Crippen LogP contribution >= 0.6 is 0 Å². The first kappa shape index (κ1) is 9.21. The number of amides is 1. The molecule has 1 aromatic rings. The topological polar surface area (TPSA) is 69.8 Å². The Bertz CT molecular complexity index is 290. The second-order valence-electron chi connectivity index (χ2n) is 3.60. The summed E-state index contributed by atoms with van der Waals surface area (Å²) < 4.78 is 0. The van der Waals surface area contributed by atoms with Gasteiger partial charge in [-0.3, -0.25) is 9.89 Å². The molecule has 1 amide bonds. The highest BCUT2D eigenvalue weighted by molar-refractivity contribution is 5.90. The molecule has 0 aliphatic carbocycles. The van der Waals surface area contributed by atoms with Crippen LogP contribution in [0.5, 0.6) is 0 Å². The van der Waals surface area contributed by atoms with E-state index in [0.717, 1.165) is 25.2 Å². The zero-order valence-electron chi connectivity index (χ0n) is 7.92. The third-order valence-corrected chi connectivity index (χ3v) is 2.42. The Morgan fingerprint density at radius 1 is 1.71 bits per heavy atom. The van der Waals surface area contributed by atoms with Gasteiger partial charge in [0.05, 0.1) is 11.9 Å². The van der Waals surface area contributed by atoms with E-state index in [1.54, 1.807) is 12.4 Å². The van der Waals surface area contributed by atoms with E-state index in [4.69, 9.17) is 0 Å². The zero-order valence-corrected chi connectivity index (χ0v) is 7.92. The van der Waals surface area contributed by atoms with Crippen molar-refractivity contribution in [2.45, 2.75) is 12.8 Å². The van der Waals surface area contributed by atoms with Crippen LogP contribution in [0.4, 0.5) is 5.69 Å². The summed E-state index contributed by atoms with van der Waals surface area (Å²) >= 11 is 0. The highest BCUT2D eigenvalue weighted by Crippen LogP contribution is 2.13. The maximum Gasteiger partial charge on any atom is 0.224 e. The number of nitrogens with zero attached hydrogens (tertiary/aromatic N) is 1. The van der Waals surface area contributed by atoms with Gasteiger partial charge in [-0.1, -0.05) is 0 Å². The molecular formula is C9H14N4O. The van der Waals surface area contributed by atoms with Crippen molar-refractivity contribution in [3.63, 3.8) is 0 Å². The minimum absolute atomic E-state index is 0.0695. The van der Waals surface area contributed by atoms with Gasteiger partial charge in [-0.25, -0.2) is 0 Å². The molecule has 1 fully saturated rings. The largest absolute Gasteiger partial charge is 0.323 e. The van der Waals surface area contributed by atoms with Gasteiger partial charge < -0.3 is 10.6 Å². The number of carbonyl (C=O) groups is 1. The number of carbonyl (C=O) groups excluding carboxylic acids is 1. The molecule has 2 rings (SSSR count). The van der Waals surface area contributed by atoms with Crippen LogP contribution in [0.2, 0.25) is 0 Å². The van der Waals surface area contributed by atoms with Crippen LogP contribution in [0.25, 0.3) is 0 Å². The third kappa shape index (κ3) is 2.32. The highest BCUT2D eigenvalue weighted by atomic mass is 16.1. The van der Waals surface area contributed by atoms with Crippen molar-refractivity contribution in [3.05, 3.63) is 12.4 Å². The van der Waals surface area contributed by atoms with E-state index in [2.05, 4.69) is 20.8 Å². The smallest absolute Gasteiger partial charge is 0.224 e. The molecule has 2 heterocycles. The molecule has 1 atom stereocenters. The van der Waals surface area contributed by atoms with Gasteiger partial charge in [0, 0.05) is 12.6 Å². The van der Waals surface area contributed by atoms with Crippen molar-refractivity contribution in [1.82, 2.24) is 15.5 Å². The lowest BCUT2D eigenvalue weighted by Gasteiger charge is -2.07. The number of hydrogen-bond donors (Lipinski definition) is 3. The summed E-state index contributed by atoms with van der Waals surface area (Å²) in [5, 5.41) is 12.4. The van der Waals surface area contributed by atoms with Crippen molar-refractivity contribution in [2.24, 2.45) is 5.92 Å². The Kier molecular flexibility index (Phi) is 2.78. The third-order valence-electron chi connectivity index (χ3n) is 2.42. The van der Waals surface area contributed by atoms with Gasteiger partial charge in [-0.15, -0.1) is 0 Å². The second-order valence-corrected chi connectivity index (χ2v) is 3.60. The predicted octanol–water partition coefficient (Wildman–Crippen LogP) is 0.348. The van der Waals surface area contributed by atoms with Crippen molar-refractivity contribution in [3.8, 4) is 0 Å². The minimum Gasteiger partial charge on any atom is -0.323 e. The fraction of sp³-hybridized carbons (Fsp3) is 0.556. The van der Waals surface area contributed by atoms with Crippen LogP contribution < -0.4 is 10.6 Å². The van der Waals surface area contributed by atoms with Gasteiger partial charge in [0.25, 0.3) is 0 Å². The standard InChI is InChI=1S/C9H14N4O/c14-9(3-7-1-2-10-4-7)13-8-5-11-12-6-8/h5-7,10H,1-4H2,(H,11,12)(H,13,14)/t7-/m0/s1. The van der Waals surface area contributed by atoms with Gasteiger partial charge in [0.1, 0.15) is 0 Å². The van der Waals surface area contributed by atoms with E-state index >= 15 is 0 Å². The molecule has 14 heavy (non-hydrogen) atoms. The lowest BCUT2D eigenvalue weighted by Crippen LogP contribution is -2.18. The maximum absolute atomic E-state index is 11.5. The normalized spacial score (nSPS) is 21.0. The molecule has 5 heteroatoms. The van der Waals surface area contributed by atoms with Crippen LogP contribution in [-0.4, -0.2) is 29.2 Å². The van der Waals surface area contributed by atoms with E-state index in [1.165, 1.54) is 0 Å². The average Bonchev–Trinajstić information content (AvgIpc) is 2.76. The van der Waals surface area contributed by atoms with E-state index in [9.17, 15) is 4.79 Å². The quantitative estimate of drug-likeness (QED) is 0.650. The molecule has 0 spiro atoms. The molecule has 0 unspecified atom stereocenters. The lowest BCUT2D eigenvalue weighted by molar-refractivity contribution is -0.116. The van der Waals surface area contributed by atoms with Crippen molar-refractivity contribution in [1.29, 1.82) is 0 Å². The molecule has 0 saturated carbocycles. The zero-order chi connectivity index (χ0) is 9.80. The number of H-pyrrole nitrogens is 1. The maximum atomic E-state index is 11.5. The Morgan fingerprint density at radius 3 is 3.29 bits per heavy atom. The summed E-state index contributed by atoms with van der Waals surface area (Å²) in [6.45, 7) is 1.99. The molecule has 1 saturated heterocycles. The number of hydrogen-bond acceptors (Lipinski definition) is 3. The van der Waals surface area contributed by atoms with Crippen LogP contribution in [0.15, 0.2) is 12.4 Å². The minimum atomic E-state index is 0.0695. The summed E-state index contributed by atoms with van der Waals surface area (Å²) in [5.41, 5.74) is 0.737. The van der Waals surface area contributed by atoms with E-state index < -0.39 is 0 Å². The molecule has 1 aliphatic rings. The van der Waals surface area contributed by atoms with Crippen molar-refractivity contribution < 1.29 is 4.79 Å². The molecule has 0 bridgehead atoms. The number of rotatable bonds is 3. The van der Waals surface area contributed by atoms with Gasteiger partial charge in [-0.05, 0) is 25.4 Å². The monoisotopic (exact) mass is 194 g/mol. The SMILES string of the molecule is O=C(C[C@@H]1CCNC1)Nc1cn[nH]c1. The average molecular weight is 194 g/mol. The fourth-order valence-corrected chi connectivity index (χ4v) is 1.68. The second kappa shape index (κ2) is 4.23. The molecule has 3 N–H and O–H groups in total. The van der Waals surface area contributed by atoms with Gasteiger partial charge in [0.2, 0.25) is 5.91 Å². The molecule has 1 aromatic heterocycles. The van der Waals surface area contributed by atoms with Gasteiger partial charge in [-0.2, -0.15) is 5.10 Å². The summed E-state index contributed by atoms with van der Waals surface area (Å²) in [5.74, 6) is 0.557. The number of anilines is 1. The number of aromatic amines is 1. The first-order valence-corrected chi connectivity index (χ1v) is 4.84. The van der Waals surface area contributed by atoms with Gasteiger partial charge in [0.15, 0.2) is 0 Å². The predicted molar refractivity (Wildman–Crippen MR) is 52.8 cm³/mol. The van der Waals surface area contributed by atoms with Gasteiger partial charge >= 0.3 is 0 Å². The molecule has 1 aliphatic heterocycles. The van der Waals surface area contributed by atoms with E-state index in [-0.39, 0.29) is 5.91 Å². The lowest BCUT2D eigenvalue weighted by atomic mass is 10.0. The summed E-state index contributed by atoms with van der Waals surface area (Å²) in [4.78, 5) is 11.5. The van der Waals surface area contributed by atoms with Crippen molar-refractivity contribution in [2.75, 3.05) is 18.4 Å². The Labute approximate surface area is 82.3 Å². The fourth-order valence-electron chi connectivity index (χ4n) is 1.68. The summed E-state index contributed by atoms with van der Waals surface area (Å²) in [7, 11) is 0. The van der Waals surface area contributed by atoms with E-state index in [1.807, 2.05) is 0 Å². The van der Waals surface area contributed by atoms with Crippen LogP contribution in [-0.2, 0) is 4.79 Å². The Hall–Kier alpha value is -1.36. The molecule has 5 nitrogen and oxygen atoms in total. The molecule has 0 aromatic carbocycles. The van der Waals surface area contributed by atoms with Crippen molar-refractivity contribution >= 4 is 11.6 Å².